The second-order valence-corrected chi connectivity index (χ2v) is 4.22. The molecular formula is C11H16N2O4. The molecule has 6 nitrogen and oxygen atoms in total. The highest BCUT2D eigenvalue weighted by atomic mass is 16.5. The van der Waals surface area contributed by atoms with Crippen LogP contribution in [0.2, 0.25) is 0 Å². The normalized spacial score (nSPS) is 18.4. The van der Waals surface area contributed by atoms with E-state index in [4.69, 9.17) is 14.4 Å². The number of aliphatic carboxylic acids is 1. The van der Waals surface area contributed by atoms with Gasteiger partial charge in [-0.05, 0) is 32.6 Å². The maximum atomic E-state index is 10.5. The summed E-state index contributed by atoms with van der Waals surface area (Å²) in [5.41, 5.74) is -0.463. The van der Waals surface area contributed by atoms with Crippen molar-refractivity contribution in [3.63, 3.8) is 0 Å². The van der Waals surface area contributed by atoms with Crippen LogP contribution >= 0.6 is 0 Å². The summed E-state index contributed by atoms with van der Waals surface area (Å²) >= 11 is 0. The van der Waals surface area contributed by atoms with E-state index in [2.05, 4.69) is 10.1 Å². The van der Waals surface area contributed by atoms with Gasteiger partial charge in [-0.15, -0.1) is 0 Å². The monoisotopic (exact) mass is 240 g/mol. The van der Waals surface area contributed by atoms with Crippen LogP contribution in [0.4, 0.5) is 0 Å². The number of carbonyl (C=O) groups is 1. The minimum Gasteiger partial charge on any atom is -0.481 e. The molecule has 0 aromatic carbocycles. The molecule has 0 bridgehead atoms. The summed E-state index contributed by atoms with van der Waals surface area (Å²) in [7, 11) is 0. The van der Waals surface area contributed by atoms with Gasteiger partial charge in [0.25, 0.3) is 0 Å². The molecule has 1 heterocycles. The third-order valence-corrected chi connectivity index (χ3v) is 3.01. The first kappa shape index (κ1) is 12.0. The topological polar surface area (TPSA) is 85.5 Å². The molecule has 0 aliphatic heterocycles. The zero-order valence-electron chi connectivity index (χ0n) is 9.81. The average Bonchev–Trinajstić information content (AvgIpc) is 2.87. The standard InChI is InChI=1S/C11H16N2O4/c1-2-16-11(5-3-4-6-11)10-12-8(17-13-10)7-9(14)15/h2-7H2,1H3,(H,14,15). The molecule has 94 valence electrons. The molecule has 1 fully saturated rings. The molecule has 0 spiro atoms. The molecule has 0 radical (unpaired) electrons. The van der Waals surface area contributed by atoms with Crippen LogP contribution in [0.3, 0.4) is 0 Å². The van der Waals surface area contributed by atoms with Crippen molar-refractivity contribution in [2.24, 2.45) is 0 Å². The number of aromatic nitrogens is 2. The van der Waals surface area contributed by atoms with Gasteiger partial charge in [-0.25, -0.2) is 0 Å². The predicted molar refractivity (Wildman–Crippen MR) is 57.4 cm³/mol. The van der Waals surface area contributed by atoms with Crippen LogP contribution in [-0.2, 0) is 21.6 Å². The lowest BCUT2D eigenvalue weighted by Crippen LogP contribution is -2.27. The van der Waals surface area contributed by atoms with Crippen molar-refractivity contribution >= 4 is 5.97 Å². The Morgan fingerprint density at radius 1 is 1.53 bits per heavy atom. The van der Waals surface area contributed by atoms with Crippen LogP contribution in [0.15, 0.2) is 4.52 Å². The van der Waals surface area contributed by atoms with Crippen LogP contribution in [0, 0.1) is 0 Å². The van der Waals surface area contributed by atoms with Crippen molar-refractivity contribution in [1.29, 1.82) is 0 Å². The molecule has 1 aliphatic rings. The van der Waals surface area contributed by atoms with Crippen LogP contribution < -0.4 is 0 Å². The van der Waals surface area contributed by atoms with Gasteiger partial charge in [0.05, 0.1) is 0 Å². The van der Waals surface area contributed by atoms with E-state index >= 15 is 0 Å². The van der Waals surface area contributed by atoms with Crippen molar-refractivity contribution in [1.82, 2.24) is 10.1 Å². The Morgan fingerprint density at radius 2 is 2.24 bits per heavy atom. The van der Waals surface area contributed by atoms with Gasteiger partial charge in [-0.2, -0.15) is 4.98 Å². The molecule has 0 atom stereocenters. The van der Waals surface area contributed by atoms with Gasteiger partial charge >= 0.3 is 5.97 Å². The second-order valence-electron chi connectivity index (χ2n) is 4.22. The quantitative estimate of drug-likeness (QED) is 0.839. The fraction of sp³-hybridized carbons (Fsp3) is 0.727. The summed E-state index contributed by atoms with van der Waals surface area (Å²) in [6.45, 7) is 2.51. The summed E-state index contributed by atoms with van der Waals surface area (Å²) in [5, 5.41) is 12.5. The van der Waals surface area contributed by atoms with Crippen LogP contribution in [0.5, 0.6) is 0 Å². The number of carboxylic acids is 1. The number of rotatable bonds is 5. The molecule has 17 heavy (non-hydrogen) atoms. The molecule has 1 aliphatic carbocycles. The molecule has 6 heteroatoms. The zero-order chi connectivity index (χ0) is 12.3. The lowest BCUT2D eigenvalue weighted by atomic mass is 10.0. The van der Waals surface area contributed by atoms with Gasteiger partial charge in [0, 0.05) is 6.61 Å². The minimum atomic E-state index is -0.975. The first-order valence-corrected chi connectivity index (χ1v) is 5.85. The van der Waals surface area contributed by atoms with Crippen LogP contribution in [0.1, 0.15) is 44.3 Å². The first-order chi connectivity index (χ1) is 8.16. The summed E-state index contributed by atoms with van der Waals surface area (Å²) < 4.78 is 10.7. The highest BCUT2D eigenvalue weighted by molar-refractivity contribution is 5.68. The molecule has 1 saturated carbocycles. The smallest absolute Gasteiger partial charge is 0.312 e. The molecular weight excluding hydrogens is 224 g/mol. The van der Waals surface area contributed by atoms with E-state index in [1.807, 2.05) is 6.92 Å². The highest BCUT2D eigenvalue weighted by Crippen LogP contribution is 2.40. The summed E-state index contributed by atoms with van der Waals surface area (Å²) in [5.74, 6) is -0.344. The number of ether oxygens (including phenoxy) is 1. The van der Waals surface area contributed by atoms with E-state index in [0.717, 1.165) is 25.7 Å². The van der Waals surface area contributed by atoms with Gasteiger partial charge in [0.15, 0.2) is 0 Å². The Kier molecular flexibility index (Phi) is 3.42. The fourth-order valence-electron chi connectivity index (χ4n) is 2.30. The van der Waals surface area contributed by atoms with E-state index in [0.29, 0.717) is 12.4 Å². The summed E-state index contributed by atoms with van der Waals surface area (Å²) in [6.07, 6.45) is 3.64. The summed E-state index contributed by atoms with van der Waals surface area (Å²) in [4.78, 5) is 14.7. The lowest BCUT2D eigenvalue weighted by molar-refractivity contribution is -0.136. The van der Waals surface area contributed by atoms with Crippen molar-refractivity contribution in [2.45, 2.75) is 44.6 Å². The molecule has 0 unspecified atom stereocenters. The van der Waals surface area contributed by atoms with E-state index in [1.165, 1.54) is 0 Å². The number of hydrogen-bond acceptors (Lipinski definition) is 5. The third-order valence-electron chi connectivity index (χ3n) is 3.01. The Balaban J connectivity index is 2.19. The summed E-state index contributed by atoms with van der Waals surface area (Å²) in [6, 6.07) is 0. The van der Waals surface area contributed by atoms with Gasteiger partial charge in [-0.1, -0.05) is 5.16 Å². The Hall–Kier alpha value is -1.43. The maximum absolute atomic E-state index is 10.5. The molecule has 0 amide bonds. The van der Waals surface area contributed by atoms with Crippen molar-refractivity contribution in [3.8, 4) is 0 Å². The first-order valence-electron chi connectivity index (χ1n) is 5.85. The van der Waals surface area contributed by atoms with Crippen molar-refractivity contribution < 1.29 is 19.2 Å². The zero-order valence-corrected chi connectivity index (χ0v) is 9.81. The largest absolute Gasteiger partial charge is 0.481 e. The van der Waals surface area contributed by atoms with E-state index in [9.17, 15) is 4.79 Å². The number of hydrogen-bond donors (Lipinski definition) is 1. The van der Waals surface area contributed by atoms with Gasteiger partial charge < -0.3 is 14.4 Å². The van der Waals surface area contributed by atoms with E-state index in [1.54, 1.807) is 0 Å². The van der Waals surface area contributed by atoms with Crippen molar-refractivity contribution in [3.05, 3.63) is 11.7 Å². The second kappa shape index (κ2) is 4.83. The Bertz CT molecular complexity index is 396. The highest BCUT2D eigenvalue weighted by Gasteiger charge is 2.40. The SMILES string of the molecule is CCOC1(c2noc(CC(=O)O)n2)CCCC1. The Labute approximate surface area is 99.0 Å². The van der Waals surface area contributed by atoms with Crippen molar-refractivity contribution in [2.75, 3.05) is 6.61 Å². The number of carboxylic acid groups (broad SMARTS) is 1. The maximum Gasteiger partial charge on any atom is 0.312 e. The van der Waals surface area contributed by atoms with Gasteiger partial charge in [0.1, 0.15) is 12.0 Å². The molecule has 1 aromatic heterocycles. The fourth-order valence-corrected chi connectivity index (χ4v) is 2.30. The lowest BCUT2D eigenvalue weighted by Gasteiger charge is -2.24. The number of nitrogens with zero attached hydrogens (tertiary/aromatic N) is 2. The van der Waals surface area contributed by atoms with Crippen LogP contribution in [-0.4, -0.2) is 27.8 Å². The average molecular weight is 240 g/mol. The molecule has 2 rings (SSSR count). The van der Waals surface area contributed by atoms with Gasteiger partial charge in [0.2, 0.25) is 11.7 Å². The Morgan fingerprint density at radius 3 is 2.82 bits per heavy atom. The van der Waals surface area contributed by atoms with E-state index < -0.39 is 11.6 Å². The van der Waals surface area contributed by atoms with Crippen LogP contribution in [0.25, 0.3) is 0 Å². The molecule has 0 saturated heterocycles. The third kappa shape index (κ3) is 2.46. The van der Waals surface area contributed by atoms with E-state index in [-0.39, 0.29) is 12.3 Å². The predicted octanol–water partition coefficient (Wildman–Crippen LogP) is 1.50. The molecule has 1 N–H and O–H groups in total. The van der Waals surface area contributed by atoms with Gasteiger partial charge in [-0.3, -0.25) is 4.79 Å². The minimum absolute atomic E-state index is 0.137. The molecule has 1 aromatic rings.